The Morgan fingerprint density at radius 3 is 2.66 bits per heavy atom. The number of rotatable bonds is 4. The zero-order chi connectivity index (χ0) is 24.7. The van der Waals surface area contributed by atoms with Crippen LogP contribution in [0.15, 0.2) is 36.4 Å². The molecule has 1 N–H and O–H groups in total. The van der Waals surface area contributed by atoms with Gasteiger partial charge in [0.1, 0.15) is 23.7 Å². The molecule has 10 heteroatoms. The highest BCUT2D eigenvalue weighted by Gasteiger charge is 2.51. The largest absolute Gasteiger partial charge is 0.490 e. The topological polar surface area (TPSA) is 88.2 Å². The van der Waals surface area contributed by atoms with Gasteiger partial charge < -0.3 is 19.7 Å². The van der Waals surface area contributed by atoms with Crippen LogP contribution in [0.5, 0.6) is 11.5 Å². The highest BCUT2D eigenvalue weighted by atomic mass is 19.1. The molecule has 2 fully saturated rings. The van der Waals surface area contributed by atoms with Crippen molar-refractivity contribution in [3.8, 4) is 11.5 Å². The van der Waals surface area contributed by atoms with Gasteiger partial charge in [-0.15, -0.1) is 0 Å². The van der Waals surface area contributed by atoms with Crippen LogP contribution in [0.1, 0.15) is 43.4 Å². The zero-order valence-corrected chi connectivity index (χ0v) is 19.2. The van der Waals surface area contributed by atoms with Crippen LogP contribution in [0.25, 0.3) is 0 Å². The summed E-state index contributed by atoms with van der Waals surface area (Å²) in [5, 5.41) is 2.42. The Morgan fingerprint density at radius 1 is 1.09 bits per heavy atom. The zero-order valence-electron chi connectivity index (χ0n) is 19.2. The Morgan fingerprint density at radius 2 is 1.86 bits per heavy atom. The van der Waals surface area contributed by atoms with Crippen molar-refractivity contribution in [1.82, 2.24) is 15.1 Å². The number of urea groups is 1. The maximum atomic E-state index is 14.4. The van der Waals surface area contributed by atoms with E-state index < -0.39 is 41.6 Å². The van der Waals surface area contributed by atoms with Crippen LogP contribution in [0.4, 0.5) is 13.6 Å². The number of nitrogens with zero attached hydrogens (tertiary/aromatic N) is 2. The molecule has 8 nitrogen and oxygen atoms in total. The van der Waals surface area contributed by atoms with Gasteiger partial charge in [0.15, 0.2) is 11.5 Å². The minimum Gasteiger partial charge on any atom is -0.490 e. The summed E-state index contributed by atoms with van der Waals surface area (Å²) in [5.41, 5.74) is -1.23. The normalized spacial score (nSPS) is 23.9. The lowest BCUT2D eigenvalue weighted by molar-refractivity contribution is -0.139. The first-order valence-corrected chi connectivity index (χ1v) is 11.6. The molecule has 35 heavy (non-hydrogen) atoms. The molecule has 0 spiro atoms. The van der Waals surface area contributed by atoms with Crippen molar-refractivity contribution in [2.75, 3.05) is 26.3 Å². The van der Waals surface area contributed by atoms with E-state index in [1.807, 2.05) is 18.2 Å². The Balaban J connectivity index is 1.34. The van der Waals surface area contributed by atoms with E-state index in [2.05, 4.69) is 5.32 Å². The number of hydrogen-bond acceptors (Lipinski definition) is 5. The standard InChI is InChI=1S/C25H25F2N3O5/c1-25(17-13-16(26)6-7-18(17)27)23(32)30(24(33)28-25)14-22(31)29-9-2-4-19(29)15-5-8-20-21(12-15)35-11-3-10-34-20/h5-8,12-13,19H,2-4,9-11,14H2,1H3,(H,28,33)/t19-,25-/m0/s1. The summed E-state index contributed by atoms with van der Waals surface area (Å²) in [6.45, 7) is 2.38. The molecule has 2 aromatic rings. The summed E-state index contributed by atoms with van der Waals surface area (Å²) in [4.78, 5) is 41.4. The number of halogens is 2. The minimum atomic E-state index is -1.82. The Hall–Kier alpha value is -3.69. The lowest BCUT2D eigenvalue weighted by Gasteiger charge is -2.27. The third-order valence-corrected chi connectivity index (χ3v) is 6.76. The molecule has 4 amide bonds. The van der Waals surface area contributed by atoms with Gasteiger partial charge in [-0.2, -0.15) is 0 Å². The van der Waals surface area contributed by atoms with Crippen molar-refractivity contribution in [3.05, 3.63) is 59.2 Å². The number of carbonyl (C=O) groups is 3. The fourth-order valence-electron chi connectivity index (χ4n) is 4.93. The van der Waals surface area contributed by atoms with E-state index in [1.54, 1.807) is 4.90 Å². The number of imide groups is 1. The number of ether oxygens (including phenoxy) is 2. The van der Waals surface area contributed by atoms with Crippen LogP contribution >= 0.6 is 0 Å². The van der Waals surface area contributed by atoms with E-state index in [-0.39, 0.29) is 11.6 Å². The molecule has 5 rings (SSSR count). The first kappa shape index (κ1) is 23.1. The molecule has 0 unspecified atom stereocenters. The van der Waals surface area contributed by atoms with Gasteiger partial charge in [0, 0.05) is 18.5 Å². The van der Waals surface area contributed by atoms with E-state index in [9.17, 15) is 23.2 Å². The van der Waals surface area contributed by atoms with Gasteiger partial charge >= 0.3 is 6.03 Å². The van der Waals surface area contributed by atoms with Crippen LogP contribution < -0.4 is 14.8 Å². The van der Waals surface area contributed by atoms with E-state index in [0.29, 0.717) is 31.3 Å². The quantitative estimate of drug-likeness (QED) is 0.672. The van der Waals surface area contributed by atoms with Crippen molar-refractivity contribution >= 4 is 17.8 Å². The smallest absolute Gasteiger partial charge is 0.325 e. The highest BCUT2D eigenvalue weighted by Crippen LogP contribution is 2.38. The SMILES string of the molecule is C[C@@]1(c2cc(F)ccc2F)NC(=O)N(CC(=O)N2CCC[C@H]2c2ccc3c(c2)OCCCO3)C1=O. The molecular weight excluding hydrogens is 460 g/mol. The molecule has 3 heterocycles. The number of fused-ring (bicyclic) bond motifs is 1. The van der Waals surface area contributed by atoms with Crippen molar-refractivity contribution in [3.63, 3.8) is 0 Å². The summed E-state index contributed by atoms with van der Waals surface area (Å²) in [6, 6.07) is 7.21. The second-order valence-electron chi connectivity index (χ2n) is 9.07. The summed E-state index contributed by atoms with van der Waals surface area (Å²) < 4.78 is 39.6. The third kappa shape index (κ3) is 4.06. The molecule has 3 aliphatic rings. The maximum absolute atomic E-state index is 14.4. The van der Waals surface area contributed by atoms with Gasteiger partial charge in [0.05, 0.1) is 19.3 Å². The molecule has 0 aromatic heterocycles. The van der Waals surface area contributed by atoms with Crippen LogP contribution in [0, 0.1) is 11.6 Å². The van der Waals surface area contributed by atoms with E-state index in [1.165, 1.54) is 6.92 Å². The number of benzene rings is 2. The number of carbonyl (C=O) groups excluding carboxylic acids is 3. The number of nitrogens with one attached hydrogen (secondary N) is 1. The van der Waals surface area contributed by atoms with E-state index >= 15 is 0 Å². The molecule has 0 radical (unpaired) electrons. The fourth-order valence-corrected chi connectivity index (χ4v) is 4.93. The second-order valence-corrected chi connectivity index (χ2v) is 9.07. The maximum Gasteiger partial charge on any atom is 0.325 e. The molecule has 3 aliphatic heterocycles. The van der Waals surface area contributed by atoms with E-state index in [4.69, 9.17) is 9.47 Å². The first-order valence-electron chi connectivity index (χ1n) is 11.6. The molecule has 0 aliphatic carbocycles. The van der Waals surface area contributed by atoms with Crippen molar-refractivity contribution in [1.29, 1.82) is 0 Å². The summed E-state index contributed by atoms with van der Waals surface area (Å²) in [6.07, 6.45) is 2.26. The number of amides is 4. The van der Waals surface area contributed by atoms with Gasteiger partial charge in [0.2, 0.25) is 5.91 Å². The average molecular weight is 485 g/mol. The average Bonchev–Trinajstić information content (AvgIpc) is 3.31. The monoisotopic (exact) mass is 485 g/mol. The van der Waals surface area contributed by atoms with Gasteiger partial charge in [0.25, 0.3) is 5.91 Å². The minimum absolute atomic E-state index is 0.243. The molecular formula is C25H25F2N3O5. The summed E-state index contributed by atoms with van der Waals surface area (Å²) >= 11 is 0. The van der Waals surface area contributed by atoms with E-state index in [0.717, 1.165) is 47.9 Å². The predicted molar refractivity (Wildman–Crippen MR) is 120 cm³/mol. The highest BCUT2D eigenvalue weighted by molar-refractivity contribution is 6.09. The van der Waals surface area contributed by atoms with Crippen LogP contribution in [0.3, 0.4) is 0 Å². The molecule has 2 saturated heterocycles. The molecule has 2 aromatic carbocycles. The van der Waals surface area contributed by atoms with Crippen LogP contribution in [0.2, 0.25) is 0 Å². The fraction of sp³-hybridized carbons (Fsp3) is 0.400. The molecule has 2 atom stereocenters. The second kappa shape index (κ2) is 8.83. The summed E-state index contributed by atoms with van der Waals surface area (Å²) in [5.74, 6) is -1.51. The first-order chi connectivity index (χ1) is 16.8. The lowest BCUT2D eigenvalue weighted by Crippen LogP contribution is -2.44. The lowest BCUT2D eigenvalue weighted by atomic mass is 9.91. The van der Waals surface area contributed by atoms with Gasteiger partial charge in [-0.25, -0.2) is 13.6 Å². The van der Waals surface area contributed by atoms with Crippen LogP contribution in [-0.2, 0) is 15.1 Å². The van der Waals surface area contributed by atoms with Crippen molar-refractivity contribution < 1.29 is 32.6 Å². The van der Waals surface area contributed by atoms with Gasteiger partial charge in [-0.3, -0.25) is 14.5 Å². The van der Waals surface area contributed by atoms with Gasteiger partial charge in [-0.05, 0) is 55.7 Å². The number of hydrogen-bond donors (Lipinski definition) is 1. The van der Waals surface area contributed by atoms with Crippen LogP contribution in [-0.4, -0.2) is 53.9 Å². The van der Waals surface area contributed by atoms with Gasteiger partial charge in [-0.1, -0.05) is 6.07 Å². The Bertz CT molecular complexity index is 1210. The third-order valence-electron chi connectivity index (χ3n) is 6.76. The molecule has 0 saturated carbocycles. The number of likely N-dealkylation sites (tertiary alicyclic amines) is 1. The summed E-state index contributed by atoms with van der Waals surface area (Å²) in [7, 11) is 0. The Labute approximate surface area is 200 Å². The Kier molecular flexibility index (Phi) is 5.82. The van der Waals surface area contributed by atoms with Crippen molar-refractivity contribution in [2.45, 2.75) is 37.8 Å². The molecule has 0 bridgehead atoms. The van der Waals surface area contributed by atoms with Crippen molar-refractivity contribution in [2.24, 2.45) is 0 Å². The predicted octanol–water partition coefficient (Wildman–Crippen LogP) is 3.26. The molecule has 184 valence electrons.